The van der Waals surface area contributed by atoms with E-state index in [1.165, 1.54) is 31.4 Å². The van der Waals surface area contributed by atoms with Crippen molar-refractivity contribution in [2.24, 2.45) is 17.8 Å². The predicted octanol–water partition coefficient (Wildman–Crippen LogP) is 3.09. The fraction of sp³-hybridized carbons (Fsp3) is 0.750. The molecule has 4 bridgehead atoms. The van der Waals surface area contributed by atoms with Crippen molar-refractivity contribution >= 4 is 11.3 Å². The largest absolute Gasteiger partial charge is 0.337 e. The van der Waals surface area contributed by atoms with Crippen LogP contribution in [0, 0.1) is 24.7 Å². The van der Waals surface area contributed by atoms with Gasteiger partial charge in [0.1, 0.15) is 6.54 Å². The van der Waals surface area contributed by atoms with Crippen LogP contribution in [0.3, 0.4) is 0 Å². The summed E-state index contributed by atoms with van der Waals surface area (Å²) >= 11 is 1.95. The monoisotopic (exact) mass is 262 g/mol. The topological polar surface area (TPSA) is 16.6 Å². The highest BCUT2D eigenvalue weighted by molar-refractivity contribution is 7.10. The molecular formula is C16H24NS+. The maximum Gasteiger partial charge on any atom is 0.111 e. The van der Waals surface area contributed by atoms with E-state index in [0.29, 0.717) is 5.54 Å². The fourth-order valence-electron chi connectivity index (χ4n) is 5.35. The summed E-state index contributed by atoms with van der Waals surface area (Å²) in [5.74, 6) is 3.24. The summed E-state index contributed by atoms with van der Waals surface area (Å²) in [6.45, 7) is 3.50. The Bertz CT molecular complexity index is 412. The van der Waals surface area contributed by atoms with Crippen molar-refractivity contribution in [2.75, 3.05) is 0 Å². The van der Waals surface area contributed by atoms with Gasteiger partial charge in [-0.3, -0.25) is 0 Å². The van der Waals surface area contributed by atoms with Crippen molar-refractivity contribution in [1.29, 1.82) is 0 Å². The second-order valence-corrected chi connectivity index (χ2v) is 8.22. The van der Waals surface area contributed by atoms with E-state index >= 15 is 0 Å². The maximum absolute atomic E-state index is 2.73. The molecule has 0 aliphatic heterocycles. The van der Waals surface area contributed by atoms with Crippen LogP contribution in [0.2, 0.25) is 0 Å². The normalized spacial score (nSPS) is 41.5. The minimum absolute atomic E-state index is 0.644. The zero-order chi connectivity index (χ0) is 12.2. The highest BCUT2D eigenvalue weighted by Crippen LogP contribution is 2.54. The Morgan fingerprint density at radius 3 is 2.28 bits per heavy atom. The van der Waals surface area contributed by atoms with E-state index in [2.05, 4.69) is 23.7 Å². The van der Waals surface area contributed by atoms with Gasteiger partial charge < -0.3 is 5.32 Å². The Morgan fingerprint density at radius 1 is 1.17 bits per heavy atom. The molecule has 1 nitrogen and oxygen atoms in total. The number of hydrogen-bond acceptors (Lipinski definition) is 1. The summed E-state index contributed by atoms with van der Waals surface area (Å²) < 4.78 is 0. The number of quaternary nitrogens is 1. The van der Waals surface area contributed by atoms with E-state index in [1.807, 2.05) is 11.3 Å². The first kappa shape index (κ1) is 11.5. The summed E-state index contributed by atoms with van der Waals surface area (Å²) in [6.07, 6.45) is 9.23. The highest BCUT2D eigenvalue weighted by atomic mass is 32.1. The standard InChI is InChI=1S/C16H23NS/c1-11-2-3-18-15(11)10-17-16-7-12-4-13(8-16)6-14(5-12)9-16/h2-3,12-14,17H,4-10H2,1H3/p+1. The predicted molar refractivity (Wildman–Crippen MR) is 75.6 cm³/mol. The molecule has 1 aromatic rings. The minimum Gasteiger partial charge on any atom is -0.337 e. The van der Waals surface area contributed by atoms with E-state index in [4.69, 9.17) is 0 Å². The first-order valence-corrected chi connectivity index (χ1v) is 8.48. The Hall–Kier alpha value is -0.340. The Kier molecular flexibility index (Phi) is 2.60. The molecule has 0 atom stereocenters. The number of nitrogens with two attached hydrogens (primary N) is 1. The SMILES string of the molecule is Cc1ccsc1C[NH2+]C12CC3CC(CC(C3)C1)C2. The number of hydrogen-bond donors (Lipinski definition) is 1. The summed E-state index contributed by atoms with van der Waals surface area (Å²) in [4.78, 5) is 1.60. The van der Waals surface area contributed by atoms with Crippen LogP contribution in [0.15, 0.2) is 11.4 Å². The lowest BCUT2D eigenvalue weighted by molar-refractivity contribution is -0.752. The van der Waals surface area contributed by atoms with Gasteiger partial charge >= 0.3 is 0 Å². The van der Waals surface area contributed by atoms with Gasteiger partial charge in [-0.05, 0) is 60.9 Å². The van der Waals surface area contributed by atoms with Crippen molar-refractivity contribution in [3.8, 4) is 0 Å². The van der Waals surface area contributed by atoms with Crippen molar-refractivity contribution in [3.05, 3.63) is 21.9 Å². The number of thiophene rings is 1. The molecule has 2 heteroatoms. The molecule has 0 amide bonds. The van der Waals surface area contributed by atoms with Gasteiger partial charge in [-0.1, -0.05) is 0 Å². The van der Waals surface area contributed by atoms with Gasteiger partial charge in [0.05, 0.1) is 10.4 Å². The summed E-state index contributed by atoms with van der Waals surface area (Å²) in [7, 11) is 0. The van der Waals surface area contributed by atoms with E-state index in [-0.39, 0.29) is 0 Å². The van der Waals surface area contributed by atoms with E-state index < -0.39 is 0 Å². The van der Waals surface area contributed by atoms with Crippen molar-refractivity contribution < 1.29 is 5.32 Å². The van der Waals surface area contributed by atoms with Crippen LogP contribution in [-0.2, 0) is 6.54 Å². The van der Waals surface area contributed by atoms with Crippen molar-refractivity contribution in [3.63, 3.8) is 0 Å². The second kappa shape index (κ2) is 4.08. The number of aryl methyl sites for hydroxylation is 1. The van der Waals surface area contributed by atoms with Gasteiger partial charge in [-0.15, -0.1) is 11.3 Å². The molecular weight excluding hydrogens is 238 g/mol. The summed E-state index contributed by atoms with van der Waals surface area (Å²) in [5.41, 5.74) is 2.14. The van der Waals surface area contributed by atoms with Gasteiger partial charge in [0.25, 0.3) is 0 Å². The first-order valence-electron chi connectivity index (χ1n) is 7.60. The van der Waals surface area contributed by atoms with E-state index in [1.54, 1.807) is 24.1 Å². The summed E-state index contributed by atoms with van der Waals surface area (Å²) in [5, 5.41) is 4.98. The molecule has 1 heterocycles. The molecule has 0 aromatic carbocycles. The molecule has 4 fully saturated rings. The zero-order valence-electron chi connectivity index (χ0n) is 11.3. The lowest BCUT2D eigenvalue weighted by Gasteiger charge is -2.54. The highest BCUT2D eigenvalue weighted by Gasteiger charge is 2.53. The van der Waals surface area contributed by atoms with Crippen LogP contribution in [0.1, 0.15) is 49.0 Å². The summed E-state index contributed by atoms with van der Waals surface area (Å²) in [6, 6.07) is 2.27. The average Bonchev–Trinajstić information content (AvgIpc) is 2.70. The lowest BCUT2D eigenvalue weighted by atomic mass is 9.53. The van der Waals surface area contributed by atoms with E-state index in [0.717, 1.165) is 17.8 Å². The van der Waals surface area contributed by atoms with Crippen LogP contribution < -0.4 is 5.32 Å². The van der Waals surface area contributed by atoms with Crippen molar-refractivity contribution in [1.82, 2.24) is 0 Å². The number of rotatable bonds is 3. The molecule has 98 valence electrons. The Labute approximate surface area is 114 Å². The zero-order valence-corrected chi connectivity index (χ0v) is 12.1. The Morgan fingerprint density at radius 2 is 1.78 bits per heavy atom. The molecule has 5 rings (SSSR count). The van der Waals surface area contributed by atoms with Crippen LogP contribution in [0.4, 0.5) is 0 Å². The molecule has 4 aliphatic rings. The second-order valence-electron chi connectivity index (χ2n) is 7.21. The smallest absolute Gasteiger partial charge is 0.111 e. The molecule has 0 radical (unpaired) electrons. The first-order chi connectivity index (χ1) is 8.72. The maximum atomic E-state index is 2.73. The van der Waals surface area contributed by atoms with Gasteiger partial charge in [-0.25, -0.2) is 0 Å². The molecule has 2 N–H and O–H groups in total. The third-order valence-electron chi connectivity index (χ3n) is 5.77. The molecule has 0 unspecified atom stereocenters. The Balaban J connectivity index is 1.49. The molecule has 4 saturated carbocycles. The molecule has 4 aliphatic carbocycles. The van der Waals surface area contributed by atoms with Gasteiger partial charge in [0.15, 0.2) is 0 Å². The van der Waals surface area contributed by atoms with Crippen LogP contribution in [-0.4, -0.2) is 5.54 Å². The van der Waals surface area contributed by atoms with Gasteiger partial charge in [0, 0.05) is 19.3 Å². The van der Waals surface area contributed by atoms with Crippen molar-refractivity contribution in [2.45, 2.75) is 57.5 Å². The van der Waals surface area contributed by atoms with Crippen LogP contribution >= 0.6 is 11.3 Å². The molecule has 18 heavy (non-hydrogen) atoms. The van der Waals surface area contributed by atoms with Crippen LogP contribution in [0.5, 0.6) is 0 Å². The minimum atomic E-state index is 0.644. The van der Waals surface area contributed by atoms with Crippen LogP contribution in [0.25, 0.3) is 0 Å². The van der Waals surface area contributed by atoms with Gasteiger partial charge in [-0.2, -0.15) is 0 Å². The molecule has 0 saturated heterocycles. The molecule has 1 aromatic heterocycles. The lowest BCUT2D eigenvalue weighted by Crippen LogP contribution is -2.97. The fourth-order valence-corrected chi connectivity index (χ4v) is 6.22. The molecule has 0 spiro atoms. The third kappa shape index (κ3) is 1.85. The quantitative estimate of drug-likeness (QED) is 0.862. The van der Waals surface area contributed by atoms with E-state index in [9.17, 15) is 0 Å². The average molecular weight is 262 g/mol. The third-order valence-corrected chi connectivity index (χ3v) is 6.82. The van der Waals surface area contributed by atoms with Gasteiger partial charge in [0.2, 0.25) is 0 Å².